The zero-order chi connectivity index (χ0) is 82.2. The minimum Gasteiger partial charge on any atom is -0.462 e. The molecule has 0 aliphatic rings. The molecule has 8 N–H and O–H groups in total. The van der Waals surface area contributed by atoms with E-state index in [-0.39, 0.29) is 88.3 Å². The van der Waals surface area contributed by atoms with Gasteiger partial charge in [-0.1, -0.05) is 252 Å². The zero-order valence-electron chi connectivity index (χ0n) is 70.3. The Hall–Kier alpha value is -4.42. The molecule has 0 saturated heterocycles. The third-order valence-electron chi connectivity index (χ3n) is 19.4. The SMILES string of the molecule is CCCCCCC=CCCCC(=O)O[C@H](CCCCCCC)CC(=O)NC(COCC[C@H](O)CCCCCCC)COP(=O)(O)OCCNC(=O)c1cccc(C(=O)NCCOP(=O)(O)OCC(COCC[C@H](O)CCCCCCC)NC(=O)C[C@@H](CCCCCCCCCCC)OC(=O)CCCC=CCCCCCC)c1. The van der Waals surface area contributed by atoms with Gasteiger partial charge in [-0.2, -0.15) is 0 Å². The summed E-state index contributed by atoms with van der Waals surface area (Å²) in [6.07, 6.45) is 48.6. The van der Waals surface area contributed by atoms with E-state index in [1.807, 2.05) is 0 Å². The number of unbranched alkanes of at least 4 members (excludes halogenated alkanes) is 30. The summed E-state index contributed by atoms with van der Waals surface area (Å²) in [5, 5.41) is 32.1. The molecule has 0 aliphatic heterocycles. The van der Waals surface area contributed by atoms with Crippen molar-refractivity contribution in [1.29, 1.82) is 0 Å². The van der Waals surface area contributed by atoms with E-state index in [0.29, 0.717) is 51.4 Å². The van der Waals surface area contributed by atoms with E-state index in [4.69, 9.17) is 37.0 Å². The lowest BCUT2D eigenvalue weighted by Gasteiger charge is -2.23. The second-order valence-electron chi connectivity index (χ2n) is 30.1. The van der Waals surface area contributed by atoms with Crippen LogP contribution in [0.3, 0.4) is 0 Å². The van der Waals surface area contributed by atoms with E-state index in [9.17, 15) is 57.9 Å². The van der Waals surface area contributed by atoms with Crippen molar-refractivity contribution in [2.45, 2.75) is 386 Å². The first-order chi connectivity index (χ1) is 54.2. The second-order valence-corrected chi connectivity index (χ2v) is 33.0. The Morgan fingerprint density at radius 1 is 0.384 bits per heavy atom. The van der Waals surface area contributed by atoms with Gasteiger partial charge in [0.05, 0.1) is 76.8 Å². The number of benzene rings is 1. The van der Waals surface area contributed by atoms with Crippen molar-refractivity contribution in [3.05, 3.63) is 59.7 Å². The molecule has 24 nitrogen and oxygen atoms in total. The number of ether oxygens (including phenoxy) is 4. The van der Waals surface area contributed by atoms with Crippen LogP contribution in [0.4, 0.5) is 0 Å². The number of aliphatic hydroxyl groups is 2. The lowest BCUT2D eigenvalue weighted by Crippen LogP contribution is -2.43. The summed E-state index contributed by atoms with van der Waals surface area (Å²) in [6, 6.07) is 3.76. The van der Waals surface area contributed by atoms with Crippen LogP contribution < -0.4 is 21.3 Å². The average molecular weight is 1630 g/mol. The predicted molar refractivity (Wildman–Crippen MR) is 446 cm³/mol. The number of hydrogen-bond acceptors (Lipinski definition) is 18. The van der Waals surface area contributed by atoms with Gasteiger partial charge >= 0.3 is 27.6 Å². The highest BCUT2D eigenvalue weighted by Gasteiger charge is 2.29. The second kappa shape index (κ2) is 73.0. The van der Waals surface area contributed by atoms with E-state index in [1.54, 1.807) is 0 Å². The van der Waals surface area contributed by atoms with Crippen molar-refractivity contribution < 1.29 is 94.9 Å². The lowest BCUT2D eigenvalue weighted by molar-refractivity contribution is -0.152. The molecule has 1 aromatic rings. The molecular weight excluding hydrogens is 1470 g/mol. The van der Waals surface area contributed by atoms with E-state index in [0.717, 1.165) is 161 Å². The summed E-state index contributed by atoms with van der Waals surface area (Å²) in [6.45, 7) is 10.5. The Morgan fingerprint density at radius 2 is 0.696 bits per heavy atom. The molecule has 0 bridgehead atoms. The first kappa shape index (κ1) is 106. The summed E-state index contributed by atoms with van der Waals surface area (Å²) in [5.74, 6) is -3.01. The van der Waals surface area contributed by atoms with Gasteiger partial charge in [0.25, 0.3) is 11.8 Å². The Kier molecular flexibility index (Phi) is 68.8. The molecule has 112 heavy (non-hydrogen) atoms. The van der Waals surface area contributed by atoms with Gasteiger partial charge < -0.3 is 60.2 Å². The molecule has 650 valence electrons. The lowest BCUT2D eigenvalue weighted by atomic mass is 10.0. The van der Waals surface area contributed by atoms with Gasteiger partial charge in [-0.25, -0.2) is 9.13 Å². The third kappa shape index (κ3) is 64.7. The molecular formula is C86H156N4O20P2. The number of amides is 4. The summed E-state index contributed by atoms with van der Waals surface area (Å²) >= 11 is 0. The first-order valence-electron chi connectivity index (χ1n) is 43.9. The van der Waals surface area contributed by atoms with Crippen molar-refractivity contribution in [3.63, 3.8) is 0 Å². The molecule has 0 heterocycles. The topological polar surface area (TPSA) is 339 Å². The summed E-state index contributed by atoms with van der Waals surface area (Å²) in [4.78, 5) is 102. The van der Waals surface area contributed by atoms with Gasteiger partial charge in [0, 0.05) is 50.3 Å². The maximum atomic E-state index is 13.8. The number of allylic oxidation sites excluding steroid dienone is 4. The number of rotatable bonds is 80. The largest absolute Gasteiger partial charge is 0.472 e. The Bertz CT molecular complexity index is 2670. The van der Waals surface area contributed by atoms with E-state index in [1.165, 1.54) is 94.9 Å². The maximum Gasteiger partial charge on any atom is 0.472 e. The highest BCUT2D eigenvalue weighted by Crippen LogP contribution is 2.44. The molecule has 0 spiro atoms. The summed E-state index contributed by atoms with van der Waals surface area (Å²) in [7, 11) is -9.62. The molecule has 0 saturated carbocycles. The number of phosphoric acid groups is 2. The van der Waals surface area contributed by atoms with Gasteiger partial charge in [-0.05, 0) is 121 Å². The fourth-order valence-electron chi connectivity index (χ4n) is 12.6. The number of aliphatic hydroxyl groups excluding tert-OH is 2. The van der Waals surface area contributed by atoms with E-state index in [2.05, 4.69) is 87.1 Å². The number of nitrogens with one attached hydrogen (secondary N) is 4. The van der Waals surface area contributed by atoms with Crippen LogP contribution in [0.5, 0.6) is 0 Å². The normalized spacial score (nSPS) is 14.4. The third-order valence-corrected chi connectivity index (χ3v) is 21.3. The predicted octanol–water partition coefficient (Wildman–Crippen LogP) is 18.9. The van der Waals surface area contributed by atoms with Crippen LogP contribution >= 0.6 is 15.6 Å². The summed E-state index contributed by atoms with van der Waals surface area (Å²) in [5.41, 5.74) is 0.112. The van der Waals surface area contributed by atoms with E-state index >= 15 is 0 Å². The monoisotopic (exact) mass is 1630 g/mol. The molecule has 0 aromatic heterocycles. The standard InChI is InChI=1S/C86H156N4O20P2/c1-7-13-19-25-28-31-34-40-46-55-80(110-84(96)57-48-42-36-33-30-27-21-15-9-3)68-82(94)90-76(70-104-63-59-78(92)53-44-38-23-17-11-5)72-108-112(101,102)106-65-61-88-86(98)74-51-49-50-73(66-74)85(97)87-60-64-105-111(99,100)107-71-75(69-103-62-58-77(91)52-43-37-22-16-10-4)89-81(93)67-79(54-45-39-24-18-12-6)109-83(95)56-47-41-35-32-29-26-20-14-8-2/h32-33,35-36,49-51,66,75-80,91-92H,7-31,34,37-48,52-65,67-72H2,1-6H3,(H,87,97)(H,88,98)(H,89,93)(H,90,94)(H,99,100)(H,101,102)/t75?,76?,77-,78-,79-,80-/m1/s1. The smallest absolute Gasteiger partial charge is 0.462 e. The van der Waals surface area contributed by atoms with Crippen molar-refractivity contribution >= 4 is 51.2 Å². The van der Waals surface area contributed by atoms with Crippen LogP contribution in [-0.4, -0.2) is 158 Å². The molecule has 0 radical (unpaired) electrons. The Balaban J connectivity index is 3.02. The zero-order valence-corrected chi connectivity index (χ0v) is 72.1. The molecule has 1 aromatic carbocycles. The molecule has 8 atom stereocenters. The highest BCUT2D eigenvalue weighted by atomic mass is 31.2. The maximum absolute atomic E-state index is 13.8. The van der Waals surface area contributed by atoms with Crippen LogP contribution in [0.1, 0.15) is 370 Å². The molecule has 4 unspecified atom stereocenters. The van der Waals surface area contributed by atoms with Crippen LogP contribution in [0, 0.1) is 0 Å². The highest BCUT2D eigenvalue weighted by molar-refractivity contribution is 7.47. The average Bonchev–Trinajstić information content (AvgIpc) is 0.865. The van der Waals surface area contributed by atoms with Gasteiger partial charge in [0.2, 0.25) is 11.8 Å². The fourth-order valence-corrected chi connectivity index (χ4v) is 14.2. The molecule has 0 aliphatic carbocycles. The quantitative estimate of drug-likeness (QED) is 0.0130. The van der Waals surface area contributed by atoms with Crippen molar-refractivity contribution in [3.8, 4) is 0 Å². The number of esters is 2. The van der Waals surface area contributed by atoms with Crippen LogP contribution in [0.25, 0.3) is 0 Å². The number of carbonyl (C=O) groups is 6. The van der Waals surface area contributed by atoms with Gasteiger partial charge in [0.1, 0.15) is 12.2 Å². The molecule has 0 fully saturated rings. The molecule has 1 rings (SSSR count). The number of hydrogen-bond donors (Lipinski definition) is 8. The Labute approximate surface area is 676 Å². The Morgan fingerprint density at radius 3 is 1.04 bits per heavy atom. The van der Waals surface area contributed by atoms with Crippen molar-refractivity contribution in [1.82, 2.24) is 21.3 Å². The van der Waals surface area contributed by atoms with Gasteiger partial charge in [-0.3, -0.25) is 46.9 Å². The molecule has 26 heteroatoms. The minimum absolute atomic E-state index is 0.0561. The fraction of sp³-hybridized carbons (Fsp3) is 0.814. The van der Waals surface area contributed by atoms with E-state index < -0.39 is 102 Å². The van der Waals surface area contributed by atoms with Crippen molar-refractivity contribution in [2.75, 3.05) is 65.9 Å². The van der Waals surface area contributed by atoms with Gasteiger partial charge in [0.15, 0.2) is 0 Å². The van der Waals surface area contributed by atoms with Crippen LogP contribution in [-0.2, 0) is 65.4 Å². The summed E-state index contributed by atoms with van der Waals surface area (Å²) < 4.78 is 71.4. The minimum atomic E-state index is -4.81. The molecule has 4 amide bonds. The van der Waals surface area contributed by atoms with Crippen LogP contribution in [0.15, 0.2) is 48.6 Å². The number of carbonyl (C=O) groups excluding carboxylic acids is 6. The van der Waals surface area contributed by atoms with Gasteiger partial charge in [-0.15, -0.1) is 0 Å². The number of phosphoric ester groups is 2. The van der Waals surface area contributed by atoms with Crippen LogP contribution in [0.2, 0.25) is 0 Å². The first-order valence-corrected chi connectivity index (χ1v) is 46.9. The van der Waals surface area contributed by atoms with Crippen molar-refractivity contribution in [2.24, 2.45) is 0 Å².